The zero-order chi connectivity index (χ0) is 55.1. The number of benzene rings is 1. The number of hydrogen-bond acceptors (Lipinski definition) is 3. The lowest BCUT2D eigenvalue weighted by Gasteiger charge is -2.19. The van der Waals surface area contributed by atoms with Gasteiger partial charge in [-0.15, -0.1) is 0 Å². The van der Waals surface area contributed by atoms with Crippen LogP contribution in [0, 0.1) is 6.92 Å². The molecule has 0 aliphatic heterocycles. The molecule has 0 bridgehead atoms. The third kappa shape index (κ3) is 53.7. The first-order valence-electron chi connectivity index (χ1n) is 36.1. The molecule has 1 rings (SSSR count). The van der Waals surface area contributed by atoms with E-state index >= 15 is 0 Å². The molecular formula is C74H141O3. The fourth-order valence-corrected chi connectivity index (χ4v) is 11.7. The molecule has 3 heteroatoms. The summed E-state index contributed by atoms with van der Waals surface area (Å²) >= 11 is 0. The molecule has 0 saturated heterocycles. The highest BCUT2D eigenvalue weighted by Crippen LogP contribution is 2.40. The smallest absolute Gasteiger partial charge is 0.203 e. The van der Waals surface area contributed by atoms with Gasteiger partial charge in [0, 0.05) is 0 Å². The molecule has 0 aliphatic carbocycles. The minimum absolute atomic E-state index is 0.727. The molecule has 455 valence electrons. The molecule has 0 spiro atoms. The molecule has 1 aromatic rings. The summed E-state index contributed by atoms with van der Waals surface area (Å²) in [6.45, 7) is 13.4. The Labute approximate surface area is 486 Å². The highest BCUT2D eigenvalue weighted by Gasteiger charge is 2.16. The van der Waals surface area contributed by atoms with Gasteiger partial charge in [-0.05, 0) is 50.3 Å². The standard InChI is InChI=1S/C74H141O3/c1-5-9-12-15-18-21-24-27-30-33-36-39-42-45-48-51-54-57-60-63-66-75-72-69-71(8-4)70-73(76-67-64-61-58-55-52-49-46-43-40-37-34-31-28-25-22-19-16-13-10-6-2)74(72)77-68-65-62-59-56-53-50-47-44-41-38-35-32-29-26-23-20-17-14-11-7-3/h69-70H,4-68H2,1-3H3. The highest BCUT2D eigenvalue weighted by atomic mass is 16.5. The van der Waals surface area contributed by atoms with E-state index in [2.05, 4.69) is 39.8 Å². The predicted octanol–water partition coefficient (Wildman–Crippen LogP) is 26.7. The van der Waals surface area contributed by atoms with E-state index in [1.807, 2.05) is 0 Å². The van der Waals surface area contributed by atoms with E-state index in [1.165, 1.54) is 372 Å². The average Bonchev–Trinajstić information content (AvgIpc) is 3.44. The number of rotatable bonds is 67. The van der Waals surface area contributed by atoms with Gasteiger partial charge in [0.1, 0.15) is 0 Å². The Hall–Kier alpha value is -1.38. The summed E-state index contributed by atoms with van der Waals surface area (Å²) in [6, 6.07) is 4.36. The van der Waals surface area contributed by atoms with Crippen molar-refractivity contribution in [3.8, 4) is 17.2 Å². The van der Waals surface area contributed by atoms with Gasteiger partial charge < -0.3 is 14.2 Å². The van der Waals surface area contributed by atoms with Crippen LogP contribution in [-0.4, -0.2) is 19.8 Å². The summed E-state index contributed by atoms with van der Waals surface area (Å²) in [6.07, 6.45) is 84.9. The van der Waals surface area contributed by atoms with Crippen molar-refractivity contribution in [1.82, 2.24) is 0 Å². The number of hydrogen-bond donors (Lipinski definition) is 0. The Balaban J connectivity index is 2.35. The van der Waals surface area contributed by atoms with E-state index in [4.69, 9.17) is 14.2 Å². The summed E-state index contributed by atoms with van der Waals surface area (Å²) in [5.74, 6) is 2.58. The predicted molar refractivity (Wildman–Crippen MR) is 346 cm³/mol. The van der Waals surface area contributed by atoms with Gasteiger partial charge in [-0.1, -0.05) is 387 Å². The zero-order valence-electron chi connectivity index (χ0n) is 53.3. The van der Waals surface area contributed by atoms with Gasteiger partial charge in [-0.2, -0.15) is 0 Å². The van der Waals surface area contributed by atoms with Gasteiger partial charge in [-0.25, -0.2) is 0 Å². The normalized spacial score (nSPS) is 11.6. The Bertz CT molecular complexity index is 1180. The minimum Gasteiger partial charge on any atom is -0.490 e. The van der Waals surface area contributed by atoms with E-state index in [-0.39, 0.29) is 0 Å². The van der Waals surface area contributed by atoms with Crippen molar-refractivity contribution >= 4 is 0 Å². The molecule has 1 aromatic carbocycles. The van der Waals surface area contributed by atoms with E-state index in [0.29, 0.717) is 0 Å². The van der Waals surface area contributed by atoms with E-state index in [1.54, 1.807) is 0 Å². The Morgan fingerprint density at radius 2 is 0.377 bits per heavy atom. The highest BCUT2D eigenvalue weighted by molar-refractivity contribution is 5.54. The van der Waals surface area contributed by atoms with Gasteiger partial charge >= 0.3 is 0 Å². The van der Waals surface area contributed by atoms with Crippen LogP contribution in [0.25, 0.3) is 0 Å². The second-order valence-electron chi connectivity index (χ2n) is 24.9. The molecule has 0 aromatic heterocycles. The molecule has 0 amide bonds. The average molecular weight is 1080 g/mol. The molecule has 1 radical (unpaired) electrons. The molecular weight excluding hydrogens is 937 g/mol. The second-order valence-corrected chi connectivity index (χ2v) is 24.9. The van der Waals surface area contributed by atoms with Gasteiger partial charge in [-0.3, -0.25) is 0 Å². The van der Waals surface area contributed by atoms with Crippen LogP contribution < -0.4 is 14.2 Å². The summed E-state index contributed by atoms with van der Waals surface area (Å²) in [4.78, 5) is 0. The molecule has 0 heterocycles. The fourth-order valence-electron chi connectivity index (χ4n) is 11.7. The SMILES string of the molecule is [CH2]Cc1cc(OCCCCCCCCCCCCCCCCCCCCCC)c(OCCCCCCCCCCCCCCCCCCCCCC)c(OCCCCCCCCCCCCCCCCCCCCCC)c1. The second kappa shape index (κ2) is 63.8. The van der Waals surface area contributed by atoms with Gasteiger partial charge in [0.15, 0.2) is 11.5 Å². The van der Waals surface area contributed by atoms with Crippen molar-refractivity contribution in [2.75, 3.05) is 19.8 Å². The van der Waals surface area contributed by atoms with E-state index in [0.717, 1.165) is 62.8 Å². The molecule has 0 aliphatic rings. The van der Waals surface area contributed by atoms with E-state index < -0.39 is 0 Å². The molecule has 3 nitrogen and oxygen atoms in total. The quantitative estimate of drug-likeness (QED) is 0.0609. The topological polar surface area (TPSA) is 27.7 Å². The zero-order valence-corrected chi connectivity index (χ0v) is 53.3. The van der Waals surface area contributed by atoms with Crippen LogP contribution in [0.1, 0.15) is 412 Å². The van der Waals surface area contributed by atoms with Crippen LogP contribution in [0.5, 0.6) is 17.2 Å². The minimum atomic E-state index is 0.727. The van der Waals surface area contributed by atoms with Gasteiger partial charge in [0.25, 0.3) is 0 Å². The Morgan fingerprint density at radius 3 is 0.545 bits per heavy atom. The molecule has 0 atom stereocenters. The maximum absolute atomic E-state index is 6.63. The number of ether oxygens (including phenoxy) is 3. The molecule has 77 heavy (non-hydrogen) atoms. The van der Waals surface area contributed by atoms with Gasteiger partial charge in [0.2, 0.25) is 5.75 Å². The Kier molecular flexibility index (Phi) is 61.0. The fraction of sp³-hybridized carbons (Fsp3) is 0.905. The first kappa shape index (κ1) is 73.6. The third-order valence-corrected chi connectivity index (χ3v) is 17.1. The summed E-state index contributed by atoms with van der Waals surface area (Å²) in [7, 11) is 0. The monoisotopic (exact) mass is 1080 g/mol. The lowest BCUT2D eigenvalue weighted by molar-refractivity contribution is 0.234. The maximum atomic E-state index is 6.63. The van der Waals surface area contributed by atoms with Crippen molar-refractivity contribution in [3.05, 3.63) is 24.6 Å². The molecule has 0 unspecified atom stereocenters. The van der Waals surface area contributed by atoms with Crippen LogP contribution in [-0.2, 0) is 6.42 Å². The van der Waals surface area contributed by atoms with Crippen molar-refractivity contribution in [3.63, 3.8) is 0 Å². The van der Waals surface area contributed by atoms with Crippen molar-refractivity contribution < 1.29 is 14.2 Å². The van der Waals surface area contributed by atoms with Crippen LogP contribution in [0.15, 0.2) is 12.1 Å². The van der Waals surface area contributed by atoms with Gasteiger partial charge in [0.05, 0.1) is 19.8 Å². The van der Waals surface area contributed by atoms with Crippen LogP contribution >= 0.6 is 0 Å². The summed E-state index contributed by atoms with van der Waals surface area (Å²) in [5, 5.41) is 0. The summed E-state index contributed by atoms with van der Waals surface area (Å²) in [5.41, 5.74) is 1.17. The summed E-state index contributed by atoms with van der Waals surface area (Å²) < 4.78 is 19.8. The van der Waals surface area contributed by atoms with Crippen molar-refractivity contribution in [2.24, 2.45) is 0 Å². The Morgan fingerprint density at radius 1 is 0.221 bits per heavy atom. The number of unbranched alkanes of at least 4 members (excludes halogenated alkanes) is 57. The molecule has 0 N–H and O–H groups in total. The largest absolute Gasteiger partial charge is 0.490 e. The van der Waals surface area contributed by atoms with Crippen LogP contribution in [0.2, 0.25) is 0 Å². The third-order valence-electron chi connectivity index (χ3n) is 17.1. The van der Waals surface area contributed by atoms with Crippen molar-refractivity contribution in [1.29, 1.82) is 0 Å². The maximum Gasteiger partial charge on any atom is 0.203 e. The molecule has 0 saturated carbocycles. The first-order valence-corrected chi connectivity index (χ1v) is 36.1. The van der Waals surface area contributed by atoms with Crippen molar-refractivity contribution in [2.45, 2.75) is 412 Å². The van der Waals surface area contributed by atoms with Crippen LogP contribution in [0.4, 0.5) is 0 Å². The van der Waals surface area contributed by atoms with E-state index in [9.17, 15) is 0 Å². The lowest BCUT2D eigenvalue weighted by atomic mass is 10.0. The molecule has 0 fully saturated rings. The lowest BCUT2D eigenvalue weighted by Crippen LogP contribution is -2.07. The first-order chi connectivity index (χ1) is 38.3. The van der Waals surface area contributed by atoms with Crippen LogP contribution in [0.3, 0.4) is 0 Å².